The number of aromatic nitrogens is 1. The van der Waals surface area contributed by atoms with Crippen LogP contribution < -0.4 is 4.18 Å². The van der Waals surface area contributed by atoms with Gasteiger partial charge in [-0.05, 0) is 24.3 Å². The summed E-state index contributed by atoms with van der Waals surface area (Å²) in [5.74, 6) is 0.445. The highest BCUT2D eigenvalue weighted by Gasteiger charge is 2.22. The Balaban J connectivity index is 1.89. The van der Waals surface area contributed by atoms with Gasteiger partial charge in [0.15, 0.2) is 0 Å². The van der Waals surface area contributed by atoms with Crippen molar-refractivity contribution in [1.82, 2.24) is 4.98 Å². The van der Waals surface area contributed by atoms with Gasteiger partial charge in [-0.2, -0.15) is 8.42 Å². The van der Waals surface area contributed by atoms with E-state index in [1.165, 1.54) is 0 Å². The van der Waals surface area contributed by atoms with Crippen molar-refractivity contribution >= 4 is 10.1 Å². The molecule has 3 aromatic rings. The smallest absolute Gasteiger partial charge is 0.374 e. The molecule has 0 unspecified atom stereocenters. The number of hydrogen-bond acceptors (Lipinski definition) is 5. The van der Waals surface area contributed by atoms with E-state index in [0.29, 0.717) is 5.56 Å². The van der Waals surface area contributed by atoms with Crippen LogP contribution in [-0.4, -0.2) is 13.4 Å². The zero-order chi connectivity index (χ0) is 14.7. The van der Waals surface area contributed by atoms with Gasteiger partial charge in [0.25, 0.3) is 5.09 Å². The zero-order valence-electron chi connectivity index (χ0n) is 10.8. The molecule has 5 nitrogen and oxygen atoms in total. The molecule has 21 heavy (non-hydrogen) atoms. The first kappa shape index (κ1) is 13.4. The minimum Gasteiger partial charge on any atom is -0.421 e. The van der Waals surface area contributed by atoms with Crippen LogP contribution in [0.1, 0.15) is 0 Å². The Kier molecular flexibility index (Phi) is 3.45. The molecule has 0 spiro atoms. The van der Waals surface area contributed by atoms with Gasteiger partial charge in [-0.1, -0.05) is 36.4 Å². The van der Waals surface area contributed by atoms with Gasteiger partial charge >= 0.3 is 10.1 Å². The van der Waals surface area contributed by atoms with Gasteiger partial charge in [0.2, 0.25) is 5.89 Å². The SMILES string of the molecule is O=S(=O)(Oc1ccccc1)c1cnc(-c2ccccc2)o1. The lowest BCUT2D eigenvalue weighted by Gasteiger charge is -2.03. The second kappa shape index (κ2) is 5.41. The zero-order valence-corrected chi connectivity index (χ0v) is 11.7. The van der Waals surface area contributed by atoms with E-state index in [2.05, 4.69) is 4.98 Å². The van der Waals surface area contributed by atoms with Crippen molar-refractivity contribution in [3.8, 4) is 17.2 Å². The van der Waals surface area contributed by atoms with Gasteiger partial charge in [0, 0.05) is 5.56 Å². The first-order chi connectivity index (χ1) is 10.1. The number of para-hydroxylation sites is 1. The fourth-order valence-electron chi connectivity index (χ4n) is 1.73. The number of benzene rings is 2. The highest BCUT2D eigenvalue weighted by molar-refractivity contribution is 7.87. The third-order valence-electron chi connectivity index (χ3n) is 2.70. The molecular formula is C15H11NO4S. The quantitative estimate of drug-likeness (QED) is 0.692. The van der Waals surface area contributed by atoms with Crippen LogP contribution in [0.4, 0.5) is 0 Å². The van der Waals surface area contributed by atoms with Crippen LogP contribution in [0.3, 0.4) is 0 Å². The molecule has 106 valence electrons. The van der Waals surface area contributed by atoms with E-state index in [-0.39, 0.29) is 16.7 Å². The summed E-state index contributed by atoms with van der Waals surface area (Å²) in [6, 6.07) is 17.3. The summed E-state index contributed by atoms with van der Waals surface area (Å²) in [7, 11) is -4.03. The van der Waals surface area contributed by atoms with Crippen molar-refractivity contribution in [2.75, 3.05) is 0 Å². The maximum absolute atomic E-state index is 12.1. The van der Waals surface area contributed by atoms with E-state index in [9.17, 15) is 8.42 Å². The van der Waals surface area contributed by atoms with Crippen LogP contribution in [0.2, 0.25) is 0 Å². The normalized spacial score (nSPS) is 11.2. The summed E-state index contributed by atoms with van der Waals surface area (Å²) < 4.78 is 34.4. The van der Waals surface area contributed by atoms with Crippen LogP contribution in [0.15, 0.2) is 76.4 Å². The van der Waals surface area contributed by atoms with Crippen molar-refractivity contribution in [3.63, 3.8) is 0 Å². The third-order valence-corrected chi connectivity index (χ3v) is 3.79. The Bertz CT molecular complexity index is 826. The summed E-state index contributed by atoms with van der Waals surface area (Å²) in [6.45, 7) is 0. The van der Waals surface area contributed by atoms with Gasteiger partial charge in [0.1, 0.15) is 5.75 Å². The number of rotatable bonds is 4. The van der Waals surface area contributed by atoms with E-state index in [4.69, 9.17) is 8.60 Å². The Morgan fingerprint density at radius 1 is 0.905 bits per heavy atom. The van der Waals surface area contributed by atoms with Crippen LogP contribution in [-0.2, 0) is 10.1 Å². The largest absolute Gasteiger partial charge is 0.421 e. The average molecular weight is 301 g/mol. The van der Waals surface area contributed by atoms with Crippen molar-refractivity contribution in [2.45, 2.75) is 5.09 Å². The molecule has 0 aliphatic carbocycles. The lowest BCUT2D eigenvalue weighted by molar-refractivity contribution is 0.416. The summed E-state index contributed by atoms with van der Waals surface area (Å²) >= 11 is 0. The number of nitrogens with zero attached hydrogens (tertiary/aromatic N) is 1. The molecule has 3 rings (SSSR count). The van der Waals surface area contributed by atoms with Crippen LogP contribution in [0, 0.1) is 0 Å². The minimum atomic E-state index is -4.03. The first-order valence-electron chi connectivity index (χ1n) is 6.16. The van der Waals surface area contributed by atoms with Crippen LogP contribution >= 0.6 is 0 Å². The van der Waals surface area contributed by atoms with Crippen molar-refractivity contribution < 1.29 is 17.0 Å². The molecule has 0 bridgehead atoms. The predicted molar refractivity (Wildman–Crippen MR) is 76.2 cm³/mol. The van der Waals surface area contributed by atoms with Crippen molar-refractivity contribution in [3.05, 3.63) is 66.9 Å². The molecular weight excluding hydrogens is 290 g/mol. The van der Waals surface area contributed by atoms with E-state index in [1.54, 1.807) is 42.5 Å². The fraction of sp³-hybridized carbons (Fsp3) is 0. The van der Waals surface area contributed by atoms with Gasteiger partial charge in [0.05, 0.1) is 6.20 Å². The maximum Gasteiger partial charge on any atom is 0.374 e. The second-order valence-corrected chi connectivity index (χ2v) is 5.68. The molecule has 0 amide bonds. The van der Waals surface area contributed by atoms with E-state index in [0.717, 1.165) is 6.20 Å². The molecule has 0 N–H and O–H groups in total. The third kappa shape index (κ3) is 2.95. The summed E-state index contributed by atoms with van der Waals surface area (Å²) in [4.78, 5) is 3.97. The highest BCUT2D eigenvalue weighted by atomic mass is 32.2. The van der Waals surface area contributed by atoms with Crippen molar-refractivity contribution in [1.29, 1.82) is 0 Å². The average Bonchev–Trinajstić information content (AvgIpc) is 2.99. The summed E-state index contributed by atoms with van der Waals surface area (Å²) in [5, 5.41) is -0.329. The first-order valence-corrected chi connectivity index (χ1v) is 7.57. The number of hydrogen-bond donors (Lipinski definition) is 0. The molecule has 0 saturated carbocycles. The Morgan fingerprint density at radius 2 is 1.52 bits per heavy atom. The molecule has 1 heterocycles. The van der Waals surface area contributed by atoms with Gasteiger partial charge in [-0.3, -0.25) is 0 Å². The molecule has 0 aliphatic heterocycles. The van der Waals surface area contributed by atoms with E-state index >= 15 is 0 Å². The minimum absolute atomic E-state index is 0.218. The molecule has 0 radical (unpaired) electrons. The second-order valence-electron chi connectivity index (χ2n) is 4.20. The van der Waals surface area contributed by atoms with Gasteiger partial charge < -0.3 is 8.60 Å². The molecule has 0 fully saturated rings. The molecule has 0 aliphatic rings. The molecule has 2 aromatic carbocycles. The summed E-state index contributed by atoms with van der Waals surface area (Å²) in [6.07, 6.45) is 1.14. The molecule has 0 saturated heterocycles. The molecule has 6 heteroatoms. The predicted octanol–water partition coefficient (Wildman–Crippen LogP) is 3.11. The van der Waals surface area contributed by atoms with Gasteiger partial charge in [-0.25, -0.2) is 4.98 Å². The topological polar surface area (TPSA) is 69.4 Å². The number of oxazole rings is 1. The lowest BCUT2D eigenvalue weighted by Crippen LogP contribution is -2.08. The standard InChI is InChI=1S/C15H11NO4S/c17-21(18,20-13-9-5-2-6-10-13)14-11-16-15(19-14)12-7-3-1-4-8-12/h1-11H. The Hall–Kier alpha value is -2.60. The fourth-order valence-corrected chi connectivity index (χ4v) is 2.54. The van der Waals surface area contributed by atoms with Crippen LogP contribution in [0.5, 0.6) is 5.75 Å². The molecule has 1 aromatic heterocycles. The highest BCUT2D eigenvalue weighted by Crippen LogP contribution is 2.23. The molecule has 0 atom stereocenters. The van der Waals surface area contributed by atoms with E-state index < -0.39 is 10.1 Å². The summed E-state index contributed by atoms with van der Waals surface area (Å²) in [5.41, 5.74) is 0.693. The van der Waals surface area contributed by atoms with E-state index in [1.807, 2.05) is 18.2 Å². The monoisotopic (exact) mass is 301 g/mol. The Morgan fingerprint density at radius 3 is 2.19 bits per heavy atom. The Labute approximate surface area is 122 Å². The van der Waals surface area contributed by atoms with Crippen LogP contribution in [0.25, 0.3) is 11.5 Å². The maximum atomic E-state index is 12.1. The van der Waals surface area contributed by atoms with Gasteiger partial charge in [-0.15, -0.1) is 0 Å². The van der Waals surface area contributed by atoms with Crippen molar-refractivity contribution in [2.24, 2.45) is 0 Å². The lowest BCUT2D eigenvalue weighted by atomic mass is 10.2.